The Labute approximate surface area is 143 Å². The molecule has 24 heavy (non-hydrogen) atoms. The summed E-state index contributed by atoms with van der Waals surface area (Å²) in [4.78, 5) is 14.4. The highest BCUT2D eigenvalue weighted by Gasteiger charge is 2.18. The van der Waals surface area contributed by atoms with Crippen molar-refractivity contribution in [2.75, 3.05) is 31.6 Å². The van der Waals surface area contributed by atoms with Gasteiger partial charge in [-0.15, -0.1) is 0 Å². The zero-order valence-corrected chi connectivity index (χ0v) is 14.1. The van der Waals surface area contributed by atoms with E-state index in [2.05, 4.69) is 34.5 Å². The molecule has 4 nitrogen and oxygen atoms in total. The van der Waals surface area contributed by atoms with Gasteiger partial charge in [-0.3, -0.25) is 4.79 Å². The number of nitrogens with zero attached hydrogens (tertiary/aromatic N) is 1. The second-order valence-electron chi connectivity index (χ2n) is 6.11. The molecule has 0 fully saturated rings. The highest BCUT2D eigenvalue weighted by atomic mass is 16.5. The summed E-state index contributed by atoms with van der Waals surface area (Å²) in [6.07, 6.45) is 3.01. The standard InChI is InChI=1S/C20H24N2O2/c1-24-18-9-4-6-16(14-18)11-12-21-20(23)15-22-13-5-8-17-7-2-3-10-19(17)22/h2-4,6-7,9-10,14H,5,8,11-13,15H2,1H3,(H,21,23). The molecule has 0 atom stereocenters. The Morgan fingerprint density at radius 3 is 2.96 bits per heavy atom. The lowest BCUT2D eigenvalue weighted by Crippen LogP contribution is -2.40. The molecule has 0 radical (unpaired) electrons. The molecule has 0 aromatic heterocycles. The van der Waals surface area contributed by atoms with Crippen LogP contribution in [0.3, 0.4) is 0 Å². The van der Waals surface area contributed by atoms with Crippen molar-refractivity contribution in [3.05, 3.63) is 59.7 Å². The fraction of sp³-hybridized carbons (Fsp3) is 0.350. The first-order chi connectivity index (χ1) is 11.8. The number of hydrogen-bond donors (Lipinski definition) is 1. The third-order valence-corrected chi connectivity index (χ3v) is 4.41. The van der Waals surface area contributed by atoms with E-state index in [-0.39, 0.29) is 5.91 Å². The second kappa shape index (κ2) is 7.86. The number of anilines is 1. The van der Waals surface area contributed by atoms with Crippen LogP contribution in [0, 0.1) is 0 Å². The van der Waals surface area contributed by atoms with Crippen LogP contribution in [0.4, 0.5) is 5.69 Å². The Morgan fingerprint density at radius 1 is 1.21 bits per heavy atom. The molecule has 2 aromatic rings. The predicted molar refractivity (Wildman–Crippen MR) is 96.7 cm³/mol. The van der Waals surface area contributed by atoms with E-state index in [9.17, 15) is 4.79 Å². The van der Waals surface area contributed by atoms with Crippen LogP contribution in [-0.4, -0.2) is 32.7 Å². The van der Waals surface area contributed by atoms with Crippen LogP contribution in [0.5, 0.6) is 5.75 Å². The number of rotatable bonds is 6. The molecule has 1 aliphatic rings. The van der Waals surface area contributed by atoms with Crippen molar-refractivity contribution >= 4 is 11.6 Å². The van der Waals surface area contributed by atoms with E-state index < -0.39 is 0 Å². The minimum atomic E-state index is 0.0783. The van der Waals surface area contributed by atoms with Crippen molar-refractivity contribution in [1.29, 1.82) is 0 Å². The number of ether oxygens (including phenoxy) is 1. The normalized spacial score (nSPS) is 13.3. The lowest BCUT2D eigenvalue weighted by atomic mass is 10.0. The predicted octanol–water partition coefficient (Wildman–Crippen LogP) is 2.81. The maximum absolute atomic E-state index is 12.3. The summed E-state index contributed by atoms with van der Waals surface area (Å²) in [6, 6.07) is 16.3. The Morgan fingerprint density at radius 2 is 2.08 bits per heavy atom. The minimum Gasteiger partial charge on any atom is -0.497 e. The Hall–Kier alpha value is -2.49. The second-order valence-corrected chi connectivity index (χ2v) is 6.11. The van der Waals surface area contributed by atoms with Crippen molar-refractivity contribution in [2.45, 2.75) is 19.3 Å². The number of benzene rings is 2. The molecule has 2 aromatic carbocycles. The van der Waals surface area contributed by atoms with Gasteiger partial charge in [0, 0.05) is 18.8 Å². The quantitative estimate of drug-likeness (QED) is 0.888. The average Bonchev–Trinajstić information content (AvgIpc) is 2.62. The first-order valence-electron chi connectivity index (χ1n) is 8.49. The SMILES string of the molecule is COc1cccc(CCNC(=O)CN2CCCc3ccccc32)c1. The lowest BCUT2D eigenvalue weighted by Gasteiger charge is -2.30. The van der Waals surface area contributed by atoms with Crippen LogP contribution in [0.1, 0.15) is 17.5 Å². The Kier molecular flexibility index (Phi) is 5.36. The summed E-state index contributed by atoms with van der Waals surface area (Å²) < 4.78 is 5.22. The van der Waals surface area contributed by atoms with Crippen molar-refractivity contribution in [1.82, 2.24) is 5.32 Å². The van der Waals surface area contributed by atoms with Crippen LogP contribution in [0.25, 0.3) is 0 Å². The Balaban J connectivity index is 1.50. The molecule has 1 N–H and O–H groups in total. The summed E-state index contributed by atoms with van der Waals surface area (Å²) in [6.45, 7) is 2.01. The number of fused-ring (bicyclic) bond motifs is 1. The number of amides is 1. The molecule has 1 heterocycles. The topological polar surface area (TPSA) is 41.6 Å². The van der Waals surface area contributed by atoms with Gasteiger partial charge in [0.1, 0.15) is 5.75 Å². The van der Waals surface area contributed by atoms with Crippen molar-refractivity contribution in [2.24, 2.45) is 0 Å². The number of carbonyl (C=O) groups is 1. The van der Waals surface area contributed by atoms with Gasteiger partial charge in [-0.2, -0.15) is 0 Å². The van der Waals surface area contributed by atoms with Gasteiger partial charge in [-0.25, -0.2) is 0 Å². The number of methoxy groups -OCH3 is 1. The fourth-order valence-corrected chi connectivity index (χ4v) is 3.18. The molecular weight excluding hydrogens is 300 g/mol. The summed E-state index contributed by atoms with van der Waals surface area (Å²) in [5.41, 5.74) is 3.71. The molecule has 0 saturated heterocycles. The van der Waals surface area contributed by atoms with E-state index in [4.69, 9.17) is 4.74 Å². The van der Waals surface area contributed by atoms with Crippen LogP contribution in [0.2, 0.25) is 0 Å². The molecule has 0 bridgehead atoms. The molecule has 0 spiro atoms. The highest BCUT2D eigenvalue weighted by Crippen LogP contribution is 2.26. The number of para-hydroxylation sites is 1. The number of nitrogens with one attached hydrogen (secondary N) is 1. The molecule has 1 aliphatic heterocycles. The molecule has 0 unspecified atom stereocenters. The minimum absolute atomic E-state index is 0.0783. The zero-order valence-electron chi connectivity index (χ0n) is 14.1. The van der Waals surface area contributed by atoms with Gasteiger partial charge in [0.25, 0.3) is 0 Å². The van der Waals surface area contributed by atoms with Crippen LogP contribution in [0.15, 0.2) is 48.5 Å². The highest BCUT2D eigenvalue weighted by molar-refractivity contribution is 5.81. The molecule has 3 rings (SSSR count). The molecule has 126 valence electrons. The summed E-state index contributed by atoms with van der Waals surface area (Å²) in [7, 11) is 1.66. The first-order valence-corrected chi connectivity index (χ1v) is 8.49. The van der Waals surface area contributed by atoms with Gasteiger partial charge in [0.15, 0.2) is 0 Å². The summed E-state index contributed by atoms with van der Waals surface area (Å²) in [5, 5.41) is 3.03. The molecule has 4 heteroatoms. The van der Waals surface area contributed by atoms with Crippen LogP contribution < -0.4 is 15.0 Å². The number of carbonyl (C=O) groups excluding carboxylic acids is 1. The largest absolute Gasteiger partial charge is 0.497 e. The van der Waals surface area contributed by atoms with Gasteiger partial charge in [0.05, 0.1) is 13.7 Å². The molecule has 0 saturated carbocycles. The Bertz CT molecular complexity index is 700. The van der Waals surface area contributed by atoms with Gasteiger partial charge < -0.3 is 15.0 Å². The summed E-state index contributed by atoms with van der Waals surface area (Å²) in [5.74, 6) is 0.929. The smallest absolute Gasteiger partial charge is 0.239 e. The van der Waals surface area contributed by atoms with Crippen LogP contribution >= 0.6 is 0 Å². The van der Waals surface area contributed by atoms with E-state index in [0.717, 1.165) is 37.1 Å². The van der Waals surface area contributed by atoms with E-state index in [1.807, 2.05) is 24.3 Å². The number of hydrogen-bond acceptors (Lipinski definition) is 3. The van der Waals surface area contributed by atoms with Gasteiger partial charge in [0.2, 0.25) is 5.91 Å². The molecule has 1 amide bonds. The molecular formula is C20H24N2O2. The summed E-state index contributed by atoms with van der Waals surface area (Å²) >= 11 is 0. The van der Waals surface area contributed by atoms with E-state index in [1.54, 1.807) is 7.11 Å². The van der Waals surface area contributed by atoms with E-state index >= 15 is 0 Å². The van der Waals surface area contributed by atoms with E-state index in [1.165, 1.54) is 11.3 Å². The first kappa shape index (κ1) is 16.4. The fourth-order valence-electron chi connectivity index (χ4n) is 3.18. The molecule has 0 aliphatic carbocycles. The third kappa shape index (κ3) is 4.07. The van der Waals surface area contributed by atoms with Gasteiger partial charge >= 0.3 is 0 Å². The van der Waals surface area contributed by atoms with Gasteiger partial charge in [-0.05, 0) is 48.6 Å². The third-order valence-electron chi connectivity index (χ3n) is 4.41. The maximum Gasteiger partial charge on any atom is 0.239 e. The maximum atomic E-state index is 12.3. The van der Waals surface area contributed by atoms with Crippen molar-refractivity contribution < 1.29 is 9.53 Å². The van der Waals surface area contributed by atoms with Crippen molar-refractivity contribution in [3.63, 3.8) is 0 Å². The van der Waals surface area contributed by atoms with Crippen molar-refractivity contribution in [3.8, 4) is 5.75 Å². The number of aryl methyl sites for hydroxylation is 1. The average molecular weight is 324 g/mol. The van der Waals surface area contributed by atoms with Gasteiger partial charge in [-0.1, -0.05) is 30.3 Å². The van der Waals surface area contributed by atoms with Crippen LogP contribution in [-0.2, 0) is 17.6 Å². The van der Waals surface area contributed by atoms with E-state index in [0.29, 0.717) is 13.1 Å². The monoisotopic (exact) mass is 324 g/mol. The lowest BCUT2D eigenvalue weighted by molar-refractivity contribution is -0.119. The zero-order chi connectivity index (χ0) is 16.8.